The lowest BCUT2D eigenvalue weighted by Crippen LogP contribution is -2.42. The highest BCUT2D eigenvalue weighted by Crippen LogP contribution is 2.17. The van der Waals surface area contributed by atoms with E-state index in [4.69, 9.17) is 10.5 Å². The van der Waals surface area contributed by atoms with E-state index in [9.17, 15) is 9.59 Å². The molecular formula is C13H19N5O3. The Kier molecular flexibility index (Phi) is 4.94. The molecule has 1 aliphatic rings. The molecule has 2 rings (SSSR count). The molecule has 8 nitrogen and oxygen atoms in total. The van der Waals surface area contributed by atoms with Crippen molar-refractivity contribution in [3.8, 4) is 0 Å². The van der Waals surface area contributed by atoms with Crippen LogP contribution in [-0.4, -0.2) is 50.3 Å². The number of morpholine rings is 1. The molecule has 2 heterocycles. The van der Waals surface area contributed by atoms with E-state index in [1.165, 1.54) is 7.05 Å². The highest BCUT2D eigenvalue weighted by molar-refractivity contribution is 5.87. The van der Waals surface area contributed by atoms with E-state index in [1.807, 2.05) is 6.07 Å². The van der Waals surface area contributed by atoms with Crippen molar-refractivity contribution in [3.63, 3.8) is 0 Å². The van der Waals surface area contributed by atoms with Crippen LogP contribution >= 0.6 is 0 Å². The molecule has 1 unspecified atom stereocenters. The van der Waals surface area contributed by atoms with Crippen LogP contribution in [0.15, 0.2) is 18.2 Å². The lowest BCUT2D eigenvalue weighted by molar-refractivity contribution is -0.122. The fraction of sp³-hybridized carbons (Fsp3) is 0.462. The molecular weight excluding hydrogens is 274 g/mol. The number of carbonyl (C=O) groups excluding carboxylic acids is 2. The van der Waals surface area contributed by atoms with Crippen LogP contribution in [0.4, 0.5) is 10.6 Å². The fourth-order valence-corrected chi connectivity index (χ4v) is 2.13. The van der Waals surface area contributed by atoms with Crippen molar-refractivity contribution in [2.45, 2.75) is 6.04 Å². The number of amides is 3. The molecule has 21 heavy (non-hydrogen) atoms. The number of likely N-dealkylation sites (N-methyl/N-ethyl adjacent to an activating group) is 1. The van der Waals surface area contributed by atoms with Gasteiger partial charge in [-0.05, 0) is 12.1 Å². The van der Waals surface area contributed by atoms with Gasteiger partial charge in [-0.15, -0.1) is 0 Å². The minimum atomic E-state index is -0.909. The molecule has 4 N–H and O–H groups in total. The largest absolute Gasteiger partial charge is 0.378 e. The van der Waals surface area contributed by atoms with E-state index in [2.05, 4.69) is 20.5 Å². The van der Waals surface area contributed by atoms with Crippen LogP contribution in [0.5, 0.6) is 0 Å². The molecule has 1 atom stereocenters. The summed E-state index contributed by atoms with van der Waals surface area (Å²) in [6.45, 7) is 2.77. The Balaban J connectivity index is 2.23. The maximum absolute atomic E-state index is 11.9. The number of nitrogens with two attached hydrogens (primary N) is 1. The SMILES string of the molecule is CNC(=O)C(NC(N)=O)c1cccc(N2CCOCC2)n1. The van der Waals surface area contributed by atoms with Gasteiger partial charge in [0.05, 0.1) is 18.9 Å². The van der Waals surface area contributed by atoms with Crippen molar-refractivity contribution in [2.75, 3.05) is 38.3 Å². The molecule has 1 aromatic rings. The Morgan fingerprint density at radius 3 is 2.71 bits per heavy atom. The van der Waals surface area contributed by atoms with Gasteiger partial charge in [0.2, 0.25) is 5.91 Å². The first-order valence-electron chi connectivity index (χ1n) is 6.69. The molecule has 3 amide bonds. The number of ether oxygens (including phenoxy) is 1. The number of carbonyl (C=O) groups is 2. The van der Waals surface area contributed by atoms with Crippen LogP contribution in [0.3, 0.4) is 0 Å². The monoisotopic (exact) mass is 293 g/mol. The van der Waals surface area contributed by atoms with E-state index >= 15 is 0 Å². The minimum absolute atomic E-state index is 0.375. The lowest BCUT2D eigenvalue weighted by Gasteiger charge is -2.28. The van der Waals surface area contributed by atoms with Crippen molar-refractivity contribution >= 4 is 17.8 Å². The van der Waals surface area contributed by atoms with Gasteiger partial charge in [0.25, 0.3) is 0 Å². The standard InChI is InChI=1S/C13H19N5O3/c1-15-12(19)11(17-13(14)20)9-3-2-4-10(16-9)18-5-7-21-8-6-18/h2-4,11H,5-8H2,1H3,(H,15,19)(H3,14,17,20). The molecule has 8 heteroatoms. The van der Waals surface area contributed by atoms with E-state index in [0.717, 1.165) is 18.9 Å². The quantitative estimate of drug-likeness (QED) is 0.685. The summed E-state index contributed by atoms with van der Waals surface area (Å²) in [5, 5.41) is 4.88. The number of rotatable bonds is 4. The molecule has 114 valence electrons. The van der Waals surface area contributed by atoms with E-state index in [0.29, 0.717) is 18.9 Å². The number of urea groups is 1. The zero-order valence-electron chi connectivity index (χ0n) is 11.8. The summed E-state index contributed by atoms with van der Waals surface area (Å²) in [5.41, 5.74) is 5.56. The molecule has 1 aliphatic heterocycles. The average molecular weight is 293 g/mol. The summed E-state index contributed by atoms with van der Waals surface area (Å²) in [5.74, 6) is 0.372. The first-order valence-corrected chi connectivity index (χ1v) is 6.69. The predicted molar refractivity (Wildman–Crippen MR) is 76.8 cm³/mol. The topological polar surface area (TPSA) is 110 Å². The van der Waals surface area contributed by atoms with Gasteiger partial charge in [0.1, 0.15) is 5.82 Å². The third kappa shape index (κ3) is 3.82. The van der Waals surface area contributed by atoms with Gasteiger partial charge in [0, 0.05) is 20.1 Å². The number of pyridine rings is 1. The van der Waals surface area contributed by atoms with Gasteiger partial charge in [-0.1, -0.05) is 6.07 Å². The molecule has 1 saturated heterocycles. The summed E-state index contributed by atoms with van der Waals surface area (Å²) in [6.07, 6.45) is 0. The second kappa shape index (κ2) is 6.89. The Labute approximate surface area is 122 Å². The van der Waals surface area contributed by atoms with Crippen LogP contribution in [0, 0.1) is 0 Å². The Bertz CT molecular complexity index is 516. The third-order valence-corrected chi connectivity index (χ3v) is 3.18. The lowest BCUT2D eigenvalue weighted by atomic mass is 10.1. The van der Waals surface area contributed by atoms with Gasteiger partial charge in [-0.25, -0.2) is 9.78 Å². The molecule has 1 aromatic heterocycles. The van der Waals surface area contributed by atoms with Crippen LogP contribution < -0.4 is 21.3 Å². The first-order chi connectivity index (χ1) is 10.1. The van der Waals surface area contributed by atoms with Gasteiger partial charge in [-0.3, -0.25) is 4.79 Å². The van der Waals surface area contributed by atoms with Crippen molar-refractivity contribution < 1.29 is 14.3 Å². The zero-order valence-corrected chi connectivity index (χ0v) is 11.8. The maximum Gasteiger partial charge on any atom is 0.313 e. The Morgan fingerprint density at radius 1 is 1.38 bits per heavy atom. The third-order valence-electron chi connectivity index (χ3n) is 3.18. The van der Waals surface area contributed by atoms with Gasteiger partial charge in [0.15, 0.2) is 6.04 Å². The number of nitrogens with zero attached hydrogens (tertiary/aromatic N) is 2. The fourth-order valence-electron chi connectivity index (χ4n) is 2.13. The predicted octanol–water partition coefficient (Wildman–Crippen LogP) is -0.626. The van der Waals surface area contributed by atoms with Crippen LogP contribution in [-0.2, 0) is 9.53 Å². The number of nitrogens with one attached hydrogen (secondary N) is 2. The highest BCUT2D eigenvalue weighted by atomic mass is 16.5. The van der Waals surface area contributed by atoms with Crippen LogP contribution in [0.25, 0.3) is 0 Å². The smallest absolute Gasteiger partial charge is 0.313 e. The summed E-state index contributed by atoms with van der Waals surface area (Å²) < 4.78 is 5.30. The number of hydrogen-bond acceptors (Lipinski definition) is 5. The zero-order chi connectivity index (χ0) is 15.2. The molecule has 1 fully saturated rings. The average Bonchev–Trinajstić information content (AvgIpc) is 2.52. The summed E-state index contributed by atoms with van der Waals surface area (Å²) >= 11 is 0. The summed E-state index contributed by atoms with van der Waals surface area (Å²) in [7, 11) is 1.49. The number of anilines is 1. The molecule has 0 aromatic carbocycles. The second-order valence-electron chi connectivity index (χ2n) is 4.58. The number of primary amides is 1. The number of hydrogen-bond donors (Lipinski definition) is 3. The van der Waals surface area contributed by atoms with Crippen molar-refractivity contribution in [2.24, 2.45) is 5.73 Å². The minimum Gasteiger partial charge on any atom is -0.378 e. The van der Waals surface area contributed by atoms with E-state index in [-0.39, 0.29) is 5.91 Å². The number of aromatic nitrogens is 1. The van der Waals surface area contributed by atoms with Crippen molar-refractivity contribution in [1.29, 1.82) is 0 Å². The van der Waals surface area contributed by atoms with Crippen LogP contribution in [0.2, 0.25) is 0 Å². The maximum atomic E-state index is 11.9. The molecule has 0 radical (unpaired) electrons. The normalized spacial score (nSPS) is 16.1. The highest BCUT2D eigenvalue weighted by Gasteiger charge is 2.23. The Morgan fingerprint density at radius 2 is 2.10 bits per heavy atom. The molecule has 0 saturated carbocycles. The van der Waals surface area contributed by atoms with E-state index < -0.39 is 12.1 Å². The van der Waals surface area contributed by atoms with Crippen molar-refractivity contribution in [3.05, 3.63) is 23.9 Å². The van der Waals surface area contributed by atoms with Crippen molar-refractivity contribution in [1.82, 2.24) is 15.6 Å². The first kappa shape index (κ1) is 15.0. The second-order valence-corrected chi connectivity index (χ2v) is 4.58. The Hall–Kier alpha value is -2.35. The van der Waals surface area contributed by atoms with Crippen LogP contribution in [0.1, 0.15) is 11.7 Å². The molecule has 0 spiro atoms. The molecule has 0 aliphatic carbocycles. The van der Waals surface area contributed by atoms with E-state index in [1.54, 1.807) is 12.1 Å². The van der Waals surface area contributed by atoms with Gasteiger partial charge in [-0.2, -0.15) is 0 Å². The van der Waals surface area contributed by atoms with Gasteiger partial charge < -0.3 is 26.0 Å². The van der Waals surface area contributed by atoms with Gasteiger partial charge >= 0.3 is 6.03 Å². The summed E-state index contributed by atoms with van der Waals surface area (Å²) in [6, 6.07) is 3.65. The molecule has 0 bridgehead atoms. The summed E-state index contributed by atoms with van der Waals surface area (Å²) in [4.78, 5) is 29.5.